The third-order valence-corrected chi connectivity index (χ3v) is 14.6. The molecule has 1 spiro atoms. The zero-order valence-electron chi connectivity index (χ0n) is 34.4. The molecule has 0 amide bonds. The van der Waals surface area contributed by atoms with Crippen LogP contribution in [0.15, 0.2) is 237 Å². The van der Waals surface area contributed by atoms with E-state index in [1.807, 2.05) is 11.3 Å². The van der Waals surface area contributed by atoms with E-state index in [-0.39, 0.29) is 0 Å². The van der Waals surface area contributed by atoms with Crippen molar-refractivity contribution in [2.45, 2.75) is 5.41 Å². The molecule has 0 fully saturated rings. The number of para-hydroxylation sites is 1. The van der Waals surface area contributed by atoms with Gasteiger partial charge in [0.05, 0.1) is 11.1 Å². The first kappa shape index (κ1) is 35.9. The molecule has 0 atom stereocenters. The summed E-state index contributed by atoms with van der Waals surface area (Å²) >= 11 is 1.87. The molecule has 0 bridgehead atoms. The summed E-state index contributed by atoms with van der Waals surface area (Å²) in [4.78, 5) is 2.51. The van der Waals surface area contributed by atoms with Crippen LogP contribution in [0.4, 0.5) is 17.1 Å². The third-order valence-electron chi connectivity index (χ3n) is 13.5. The Morgan fingerprint density at radius 1 is 0.302 bits per heavy atom. The van der Waals surface area contributed by atoms with Gasteiger partial charge in [0.1, 0.15) is 0 Å². The number of nitrogens with zero attached hydrogens (tertiary/aromatic N) is 1. The summed E-state index contributed by atoms with van der Waals surface area (Å²) in [5.41, 5.74) is 20.7. The molecule has 13 rings (SSSR count). The van der Waals surface area contributed by atoms with Gasteiger partial charge in [0.15, 0.2) is 0 Å². The fourth-order valence-electron chi connectivity index (χ4n) is 11.0. The van der Waals surface area contributed by atoms with Crippen LogP contribution in [-0.2, 0) is 5.41 Å². The molecule has 11 aromatic rings. The molecular formula is C61H39NS. The molecule has 0 N–H and O–H groups in total. The monoisotopic (exact) mass is 817 g/mol. The van der Waals surface area contributed by atoms with Crippen molar-refractivity contribution < 1.29 is 0 Å². The van der Waals surface area contributed by atoms with Crippen LogP contribution in [0, 0.1) is 0 Å². The van der Waals surface area contributed by atoms with E-state index in [1.54, 1.807) is 0 Å². The van der Waals surface area contributed by atoms with E-state index in [2.05, 4.69) is 241 Å². The van der Waals surface area contributed by atoms with Crippen molar-refractivity contribution in [1.82, 2.24) is 0 Å². The Kier molecular flexibility index (Phi) is 8.06. The van der Waals surface area contributed by atoms with Crippen LogP contribution >= 0.6 is 11.3 Å². The Morgan fingerprint density at radius 3 is 1.51 bits per heavy atom. The molecular weight excluding hydrogens is 779 g/mol. The zero-order chi connectivity index (χ0) is 41.5. The predicted molar refractivity (Wildman–Crippen MR) is 267 cm³/mol. The molecule has 2 heteroatoms. The highest BCUT2D eigenvalue weighted by molar-refractivity contribution is 7.25. The fourth-order valence-corrected chi connectivity index (χ4v) is 12.1. The molecule has 294 valence electrons. The van der Waals surface area contributed by atoms with E-state index >= 15 is 0 Å². The molecule has 0 saturated carbocycles. The molecule has 0 unspecified atom stereocenters. The highest BCUT2D eigenvalue weighted by atomic mass is 32.1. The van der Waals surface area contributed by atoms with E-state index < -0.39 is 5.41 Å². The summed E-state index contributed by atoms with van der Waals surface area (Å²) < 4.78 is 2.60. The van der Waals surface area contributed by atoms with Crippen molar-refractivity contribution in [3.05, 3.63) is 259 Å². The van der Waals surface area contributed by atoms with Crippen molar-refractivity contribution >= 4 is 48.6 Å². The maximum Gasteiger partial charge on any atom is 0.0726 e. The van der Waals surface area contributed by atoms with Gasteiger partial charge in [0, 0.05) is 37.1 Å². The van der Waals surface area contributed by atoms with Gasteiger partial charge in [-0.05, 0) is 115 Å². The van der Waals surface area contributed by atoms with E-state index in [4.69, 9.17) is 0 Å². The molecule has 10 aromatic carbocycles. The Balaban J connectivity index is 1.09. The van der Waals surface area contributed by atoms with Gasteiger partial charge in [0.2, 0.25) is 0 Å². The zero-order valence-corrected chi connectivity index (χ0v) is 35.2. The second-order valence-corrected chi connectivity index (χ2v) is 17.8. The summed E-state index contributed by atoms with van der Waals surface area (Å²) in [6.45, 7) is 0. The lowest BCUT2D eigenvalue weighted by Crippen LogP contribution is -2.26. The molecule has 1 heterocycles. The molecule has 0 saturated heterocycles. The number of rotatable bonds is 6. The molecule has 2 aliphatic rings. The minimum absolute atomic E-state index is 0.460. The molecule has 0 radical (unpaired) electrons. The first-order valence-corrected chi connectivity index (χ1v) is 22.6. The number of thiophene rings is 1. The van der Waals surface area contributed by atoms with Crippen LogP contribution in [0.25, 0.3) is 75.8 Å². The largest absolute Gasteiger partial charge is 0.310 e. The quantitative estimate of drug-likeness (QED) is 0.162. The van der Waals surface area contributed by atoms with Crippen LogP contribution in [0.1, 0.15) is 22.3 Å². The number of hydrogen-bond donors (Lipinski definition) is 0. The molecule has 63 heavy (non-hydrogen) atoms. The van der Waals surface area contributed by atoms with Crippen LogP contribution in [0.3, 0.4) is 0 Å². The van der Waals surface area contributed by atoms with Crippen molar-refractivity contribution in [2.24, 2.45) is 0 Å². The average Bonchev–Trinajstić information content (AvgIpc) is 3.99. The molecule has 1 aromatic heterocycles. The topological polar surface area (TPSA) is 3.24 Å². The van der Waals surface area contributed by atoms with Gasteiger partial charge in [-0.15, -0.1) is 11.3 Å². The highest BCUT2D eigenvalue weighted by Gasteiger charge is 2.51. The molecule has 2 aliphatic carbocycles. The SMILES string of the molecule is c1ccc(-c2ccccc2-c2cccc(N(c3ccc4c(c3)C3(c5ccccc5-c5ccccc53)c3ccccc3-4)c3ccccc3-c3cccc4sc5ccccc5c34)c2)cc1. The van der Waals surface area contributed by atoms with Gasteiger partial charge in [-0.2, -0.15) is 0 Å². The van der Waals surface area contributed by atoms with Crippen molar-refractivity contribution in [3.8, 4) is 55.6 Å². The predicted octanol–water partition coefficient (Wildman–Crippen LogP) is 16.9. The van der Waals surface area contributed by atoms with Crippen LogP contribution < -0.4 is 4.90 Å². The van der Waals surface area contributed by atoms with E-state index in [0.717, 1.165) is 17.1 Å². The van der Waals surface area contributed by atoms with Gasteiger partial charge in [0.25, 0.3) is 0 Å². The summed E-state index contributed by atoms with van der Waals surface area (Å²) in [5.74, 6) is 0. The molecule has 0 aliphatic heterocycles. The number of fused-ring (bicyclic) bond motifs is 13. The first-order chi connectivity index (χ1) is 31.3. The summed E-state index contributed by atoms with van der Waals surface area (Å²) in [6, 6.07) is 87.8. The number of hydrogen-bond acceptors (Lipinski definition) is 2. The number of benzene rings is 10. The van der Waals surface area contributed by atoms with Gasteiger partial charge in [-0.1, -0.05) is 194 Å². The van der Waals surface area contributed by atoms with Crippen molar-refractivity contribution in [1.29, 1.82) is 0 Å². The maximum atomic E-state index is 2.51. The summed E-state index contributed by atoms with van der Waals surface area (Å²) in [7, 11) is 0. The Morgan fingerprint density at radius 2 is 0.794 bits per heavy atom. The van der Waals surface area contributed by atoms with Crippen LogP contribution in [-0.4, -0.2) is 0 Å². The average molecular weight is 818 g/mol. The lowest BCUT2D eigenvalue weighted by Gasteiger charge is -2.33. The lowest BCUT2D eigenvalue weighted by molar-refractivity contribution is 0.793. The first-order valence-electron chi connectivity index (χ1n) is 21.8. The van der Waals surface area contributed by atoms with Crippen molar-refractivity contribution in [2.75, 3.05) is 4.90 Å². The second kappa shape index (κ2) is 14.1. The lowest BCUT2D eigenvalue weighted by atomic mass is 9.70. The minimum atomic E-state index is -0.460. The Labute approximate surface area is 371 Å². The normalized spacial score (nSPS) is 12.9. The Hall–Kier alpha value is -7.78. The highest BCUT2D eigenvalue weighted by Crippen LogP contribution is 2.63. The van der Waals surface area contributed by atoms with Crippen LogP contribution in [0.2, 0.25) is 0 Å². The Bertz CT molecular complexity index is 3530. The smallest absolute Gasteiger partial charge is 0.0726 e. The maximum absolute atomic E-state index is 2.51. The summed E-state index contributed by atoms with van der Waals surface area (Å²) in [5, 5.41) is 2.60. The van der Waals surface area contributed by atoms with E-state index in [0.29, 0.717) is 0 Å². The van der Waals surface area contributed by atoms with Gasteiger partial charge in [-0.25, -0.2) is 0 Å². The van der Waals surface area contributed by atoms with Gasteiger partial charge in [-0.3, -0.25) is 0 Å². The van der Waals surface area contributed by atoms with Gasteiger partial charge >= 0.3 is 0 Å². The second-order valence-electron chi connectivity index (χ2n) is 16.7. The minimum Gasteiger partial charge on any atom is -0.310 e. The summed E-state index contributed by atoms with van der Waals surface area (Å²) in [6.07, 6.45) is 0. The number of anilines is 3. The van der Waals surface area contributed by atoms with Crippen LogP contribution in [0.5, 0.6) is 0 Å². The van der Waals surface area contributed by atoms with E-state index in [9.17, 15) is 0 Å². The van der Waals surface area contributed by atoms with Crippen molar-refractivity contribution in [3.63, 3.8) is 0 Å². The van der Waals surface area contributed by atoms with Gasteiger partial charge < -0.3 is 4.90 Å². The fraction of sp³-hybridized carbons (Fsp3) is 0.0164. The standard InChI is InChI=1S/C61H39NS/c1-2-18-40(19-3-1)44-22-4-5-23-45(44)41-20-16-21-42(38-41)62(57-33-14-9-27-50(57)51-29-17-35-59-60(51)52-28-10-15-34-58(52)63-59)43-36-37-49-48-26-8-13-32-55(48)61(56(49)39-43)53-30-11-6-24-46(53)47-25-7-12-31-54(47)61/h1-39H. The molecule has 1 nitrogen and oxygen atoms in total. The van der Waals surface area contributed by atoms with E-state index in [1.165, 1.54) is 98.1 Å². The third kappa shape index (κ3) is 5.29.